The molecule has 0 saturated carbocycles. The van der Waals surface area contributed by atoms with Crippen LogP contribution in [0.15, 0.2) is 79.0 Å². The van der Waals surface area contributed by atoms with Crippen molar-refractivity contribution >= 4 is 12.3 Å². The maximum atomic E-state index is 13.4. The third-order valence-electron chi connectivity index (χ3n) is 4.60. The van der Waals surface area contributed by atoms with Crippen LogP contribution in [0, 0.1) is 5.82 Å². The van der Waals surface area contributed by atoms with Crippen LogP contribution >= 0.6 is 0 Å². The first-order chi connectivity index (χ1) is 15.1. The lowest BCUT2D eigenvalue weighted by Crippen LogP contribution is -2.10. The van der Waals surface area contributed by atoms with E-state index in [1.165, 1.54) is 37.4 Å². The quantitative estimate of drug-likeness (QED) is 0.258. The molecule has 3 aromatic carbocycles. The third kappa shape index (κ3) is 4.20. The Morgan fingerprint density at radius 3 is 2.42 bits per heavy atom. The minimum Gasteiger partial charge on any atom is -0.493 e. The minimum atomic E-state index is -0.668. The molecule has 4 rings (SSSR count). The number of hydrogen-bond acceptors (Lipinski definition) is 5. The number of benzene rings is 3. The van der Waals surface area contributed by atoms with Gasteiger partial charge in [0.15, 0.2) is 11.5 Å². The van der Waals surface area contributed by atoms with Crippen molar-refractivity contribution in [1.29, 1.82) is 0 Å². The number of carbonyl (C=O) groups excluding carboxylic acids is 2. The van der Waals surface area contributed by atoms with Crippen molar-refractivity contribution in [2.75, 3.05) is 7.11 Å². The van der Waals surface area contributed by atoms with Gasteiger partial charge in [-0.2, -0.15) is 5.10 Å². The summed E-state index contributed by atoms with van der Waals surface area (Å²) in [5.74, 6) is -0.651. The molecule has 0 aliphatic carbocycles. The molecule has 0 aliphatic rings. The number of aromatic nitrogens is 2. The van der Waals surface area contributed by atoms with Gasteiger partial charge in [0.2, 0.25) is 0 Å². The summed E-state index contributed by atoms with van der Waals surface area (Å²) in [5.41, 5.74) is 2.24. The third-order valence-corrected chi connectivity index (χ3v) is 4.60. The van der Waals surface area contributed by atoms with Crippen molar-refractivity contribution in [2.24, 2.45) is 0 Å². The molecule has 1 aromatic heterocycles. The number of rotatable bonds is 6. The second-order valence-corrected chi connectivity index (χ2v) is 6.60. The van der Waals surface area contributed by atoms with Crippen molar-refractivity contribution in [1.82, 2.24) is 9.78 Å². The summed E-state index contributed by atoms with van der Waals surface area (Å²) >= 11 is 0. The highest BCUT2D eigenvalue weighted by atomic mass is 19.1. The molecule has 6 nitrogen and oxygen atoms in total. The summed E-state index contributed by atoms with van der Waals surface area (Å²) in [7, 11) is 1.42. The SMILES string of the molecule is COc1cc(C=O)ccc1OC(=O)c1cn(-c2ccccc2)nc1-c1ccc(F)cc1. The van der Waals surface area contributed by atoms with E-state index in [1.54, 1.807) is 23.0 Å². The summed E-state index contributed by atoms with van der Waals surface area (Å²) in [4.78, 5) is 24.1. The molecule has 0 amide bonds. The van der Waals surface area contributed by atoms with Crippen LogP contribution in [-0.2, 0) is 0 Å². The highest BCUT2D eigenvalue weighted by Gasteiger charge is 2.22. The summed E-state index contributed by atoms with van der Waals surface area (Å²) in [6.07, 6.45) is 2.23. The zero-order chi connectivity index (χ0) is 21.8. The van der Waals surface area contributed by atoms with Crippen LogP contribution in [0.25, 0.3) is 16.9 Å². The Labute approximate surface area is 177 Å². The highest BCUT2D eigenvalue weighted by Crippen LogP contribution is 2.30. The number of carbonyl (C=O) groups is 2. The molecule has 1 heterocycles. The number of hydrogen-bond donors (Lipinski definition) is 0. The van der Waals surface area contributed by atoms with Gasteiger partial charge in [0, 0.05) is 17.3 Å². The molecular formula is C24H17FN2O4. The Morgan fingerprint density at radius 1 is 1.00 bits per heavy atom. The Kier molecular flexibility index (Phi) is 5.57. The van der Waals surface area contributed by atoms with Crippen LogP contribution in [0.4, 0.5) is 4.39 Å². The standard InChI is InChI=1S/C24H17FN2O4/c1-30-22-13-16(15-28)7-12-21(22)31-24(29)20-14-27(19-5-3-2-4-6-19)26-23(20)17-8-10-18(25)11-9-17/h2-15H,1H3. The molecule has 0 bridgehead atoms. The van der Waals surface area contributed by atoms with E-state index in [4.69, 9.17) is 9.47 Å². The first-order valence-electron chi connectivity index (χ1n) is 9.35. The predicted molar refractivity (Wildman–Crippen MR) is 112 cm³/mol. The van der Waals surface area contributed by atoms with Gasteiger partial charge in [-0.25, -0.2) is 13.9 Å². The fraction of sp³-hybridized carbons (Fsp3) is 0.0417. The first kappa shape index (κ1) is 20.0. The molecule has 0 atom stereocenters. The van der Waals surface area contributed by atoms with E-state index in [0.717, 1.165) is 5.69 Å². The molecule has 0 spiro atoms. The van der Waals surface area contributed by atoms with E-state index in [0.29, 0.717) is 23.1 Å². The van der Waals surface area contributed by atoms with Gasteiger partial charge in [-0.15, -0.1) is 0 Å². The van der Waals surface area contributed by atoms with Gasteiger partial charge in [0.05, 0.1) is 12.8 Å². The van der Waals surface area contributed by atoms with Crippen molar-refractivity contribution in [3.05, 3.63) is 95.9 Å². The number of aldehydes is 1. The molecule has 4 aromatic rings. The molecule has 31 heavy (non-hydrogen) atoms. The molecule has 0 saturated heterocycles. The van der Waals surface area contributed by atoms with E-state index in [2.05, 4.69) is 5.10 Å². The topological polar surface area (TPSA) is 70.4 Å². The fourth-order valence-corrected chi connectivity index (χ4v) is 3.05. The van der Waals surface area contributed by atoms with E-state index in [-0.39, 0.29) is 17.1 Å². The van der Waals surface area contributed by atoms with Crippen molar-refractivity contribution in [3.8, 4) is 28.4 Å². The van der Waals surface area contributed by atoms with Crippen molar-refractivity contribution in [2.45, 2.75) is 0 Å². The maximum Gasteiger partial charge on any atom is 0.347 e. The van der Waals surface area contributed by atoms with Crippen LogP contribution in [0.5, 0.6) is 11.5 Å². The number of halogens is 1. The van der Waals surface area contributed by atoms with E-state index >= 15 is 0 Å². The van der Waals surface area contributed by atoms with E-state index < -0.39 is 11.8 Å². The Hall–Kier alpha value is -4.26. The summed E-state index contributed by atoms with van der Waals surface area (Å²) < 4.78 is 25.7. The molecule has 0 aliphatic heterocycles. The Morgan fingerprint density at radius 2 is 1.74 bits per heavy atom. The lowest BCUT2D eigenvalue weighted by molar-refractivity contribution is 0.0730. The van der Waals surface area contributed by atoms with E-state index in [1.807, 2.05) is 30.3 Å². The average Bonchev–Trinajstić information content (AvgIpc) is 3.26. The Bertz CT molecular complexity index is 1230. The van der Waals surface area contributed by atoms with Gasteiger partial charge in [0.25, 0.3) is 0 Å². The molecule has 7 heteroatoms. The van der Waals surface area contributed by atoms with Crippen molar-refractivity contribution < 1.29 is 23.5 Å². The predicted octanol–water partition coefficient (Wildman–Crippen LogP) is 4.72. The van der Waals surface area contributed by atoms with Gasteiger partial charge in [0.1, 0.15) is 23.4 Å². The molecular weight excluding hydrogens is 399 g/mol. The van der Waals surface area contributed by atoms with Gasteiger partial charge in [-0.3, -0.25) is 4.79 Å². The van der Waals surface area contributed by atoms with Crippen LogP contribution in [-0.4, -0.2) is 29.1 Å². The highest BCUT2D eigenvalue weighted by molar-refractivity contribution is 5.97. The number of methoxy groups -OCH3 is 1. The summed E-state index contributed by atoms with van der Waals surface area (Å²) in [6.45, 7) is 0. The summed E-state index contributed by atoms with van der Waals surface area (Å²) in [5, 5.41) is 4.53. The Balaban J connectivity index is 1.76. The molecule has 0 unspecified atom stereocenters. The number of ether oxygens (including phenoxy) is 2. The number of nitrogens with zero attached hydrogens (tertiary/aromatic N) is 2. The lowest BCUT2D eigenvalue weighted by atomic mass is 10.1. The van der Waals surface area contributed by atoms with Crippen LogP contribution < -0.4 is 9.47 Å². The van der Waals surface area contributed by atoms with Crippen LogP contribution in [0.2, 0.25) is 0 Å². The molecule has 0 fully saturated rings. The average molecular weight is 416 g/mol. The van der Waals surface area contributed by atoms with Gasteiger partial charge in [-0.1, -0.05) is 18.2 Å². The normalized spacial score (nSPS) is 10.5. The smallest absolute Gasteiger partial charge is 0.347 e. The van der Waals surface area contributed by atoms with Crippen LogP contribution in [0.1, 0.15) is 20.7 Å². The van der Waals surface area contributed by atoms with Gasteiger partial charge in [-0.05, 0) is 54.6 Å². The van der Waals surface area contributed by atoms with Crippen LogP contribution in [0.3, 0.4) is 0 Å². The molecule has 0 N–H and O–H groups in total. The minimum absolute atomic E-state index is 0.163. The first-order valence-corrected chi connectivity index (χ1v) is 9.35. The lowest BCUT2D eigenvalue weighted by Gasteiger charge is -2.09. The molecule has 154 valence electrons. The van der Waals surface area contributed by atoms with E-state index in [9.17, 15) is 14.0 Å². The second-order valence-electron chi connectivity index (χ2n) is 6.60. The summed E-state index contributed by atoms with van der Waals surface area (Å²) in [6, 6.07) is 19.4. The fourth-order valence-electron chi connectivity index (χ4n) is 3.05. The second kappa shape index (κ2) is 8.62. The monoisotopic (exact) mass is 416 g/mol. The van der Waals surface area contributed by atoms with Crippen molar-refractivity contribution in [3.63, 3.8) is 0 Å². The largest absolute Gasteiger partial charge is 0.493 e. The van der Waals surface area contributed by atoms with Gasteiger partial charge >= 0.3 is 5.97 Å². The molecule has 0 radical (unpaired) electrons. The maximum absolute atomic E-state index is 13.4. The number of para-hydroxylation sites is 1. The van der Waals surface area contributed by atoms with Gasteiger partial charge < -0.3 is 9.47 Å². The zero-order valence-electron chi connectivity index (χ0n) is 16.5. The zero-order valence-corrected chi connectivity index (χ0v) is 16.5. The number of esters is 1.